The van der Waals surface area contributed by atoms with E-state index in [2.05, 4.69) is 16.8 Å². The first kappa shape index (κ1) is 19.2. The van der Waals surface area contributed by atoms with Crippen LogP contribution < -0.4 is 4.74 Å². The Hall–Kier alpha value is -3.10. The molecule has 0 radical (unpaired) electrons. The summed E-state index contributed by atoms with van der Waals surface area (Å²) in [7, 11) is 1.59. The van der Waals surface area contributed by atoms with Crippen molar-refractivity contribution in [2.24, 2.45) is 4.99 Å². The molecule has 0 aromatic heterocycles. The molecule has 5 heteroatoms. The Labute approximate surface area is 153 Å². The highest BCUT2D eigenvalue weighted by molar-refractivity contribution is 6.23. The standard InChI is InChI=1S/C21H21NO4/c1-17(7-6-14-25-16-18-8-4-3-5-9-18)26-21(23)15-22-19-10-12-20(24-2)13-11-19/h3-5,8-13,15,17H,14,16H2,1-2H3/t17-/m1/s1. The van der Waals surface area contributed by atoms with Crippen LogP contribution in [0.15, 0.2) is 59.6 Å². The summed E-state index contributed by atoms with van der Waals surface area (Å²) in [4.78, 5) is 15.8. The second kappa shape index (κ2) is 10.7. The van der Waals surface area contributed by atoms with Crippen LogP contribution in [0.4, 0.5) is 5.69 Å². The normalized spacial score (nSPS) is 11.5. The summed E-state index contributed by atoms with van der Waals surface area (Å²) in [5.74, 6) is 5.83. The molecule has 0 spiro atoms. The van der Waals surface area contributed by atoms with Crippen LogP contribution in [0, 0.1) is 11.8 Å². The molecule has 0 aliphatic carbocycles. The van der Waals surface area contributed by atoms with Gasteiger partial charge in [0.15, 0.2) is 6.10 Å². The number of esters is 1. The third-order valence-electron chi connectivity index (χ3n) is 3.28. The summed E-state index contributed by atoms with van der Waals surface area (Å²) in [5, 5.41) is 0. The van der Waals surface area contributed by atoms with Gasteiger partial charge in [0.25, 0.3) is 0 Å². The van der Waals surface area contributed by atoms with Crippen molar-refractivity contribution in [2.45, 2.75) is 19.6 Å². The van der Waals surface area contributed by atoms with Gasteiger partial charge in [-0.3, -0.25) is 0 Å². The van der Waals surface area contributed by atoms with Crippen molar-refractivity contribution in [3.05, 3.63) is 60.2 Å². The first-order valence-corrected chi connectivity index (χ1v) is 8.16. The summed E-state index contributed by atoms with van der Waals surface area (Å²) >= 11 is 0. The first-order valence-electron chi connectivity index (χ1n) is 8.16. The molecule has 0 aliphatic heterocycles. The summed E-state index contributed by atoms with van der Waals surface area (Å²) in [6.07, 6.45) is 0.594. The summed E-state index contributed by atoms with van der Waals surface area (Å²) in [6, 6.07) is 16.9. The number of benzene rings is 2. The van der Waals surface area contributed by atoms with Crippen molar-refractivity contribution in [3.63, 3.8) is 0 Å². The van der Waals surface area contributed by atoms with Crippen molar-refractivity contribution in [3.8, 4) is 17.6 Å². The third-order valence-corrected chi connectivity index (χ3v) is 3.28. The van der Waals surface area contributed by atoms with E-state index in [0.29, 0.717) is 12.3 Å². The molecule has 0 saturated carbocycles. The van der Waals surface area contributed by atoms with E-state index in [9.17, 15) is 4.79 Å². The Kier molecular flexibility index (Phi) is 7.91. The Balaban J connectivity index is 1.70. The van der Waals surface area contributed by atoms with Crippen LogP contribution >= 0.6 is 0 Å². The quantitative estimate of drug-likeness (QED) is 0.331. The molecule has 2 aromatic carbocycles. The Morgan fingerprint density at radius 3 is 2.58 bits per heavy atom. The number of ether oxygens (including phenoxy) is 3. The van der Waals surface area contributed by atoms with Gasteiger partial charge in [0.2, 0.25) is 0 Å². The van der Waals surface area contributed by atoms with E-state index in [-0.39, 0.29) is 6.61 Å². The highest BCUT2D eigenvalue weighted by atomic mass is 16.5. The van der Waals surface area contributed by atoms with Gasteiger partial charge >= 0.3 is 5.97 Å². The zero-order valence-corrected chi connectivity index (χ0v) is 14.8. The molecule has 5 nitrogen and oxygen atoms in total. The minimum absolute atomic E-state index is 0.275. The van der Waals surface area contributed by atoms with Gasteiger partial charge in [-0.05, 0) is 36.8 Å². The highest BCUT2D eigenvalue weighted by Gasteiger charge is 2.03. The summed E-state index contributed by atoms with van der Waals surface area (Å²) < 4.78 is 15.6. The third kappa shape index (κ3) is 7.20. The number of methoxy groups -OCH3 is 1. The van der Waals surface area contributed by atoms with Gasteiger partial charge in [0, 0.05) is 0 Å². The van der Waals surface area contributed by atoms with Crippen LogP contribution in [-0.2, 0) is 20.9 Å². The number of nitrogens with zero attached hydrogens (tertiary/aromatic N) is 1. The van der Waals surface area contributed by atoms with Gasteiger partial charge in [0.1, 0.15) is 18.6 Å². The van der Waals surface area contributed by atoms with Gasteiger partial charge in [0.05, 0.1) is 19.4 Å². The minimum atomic E-state index is -0.548. The molecule has 26 heavy (non-hydrogen) atoms. The maximum absolute atomic E-state index is 11.7. The van der Waals surface area contributed by atoms with Gasteiger partial charge < -0.3 is 14.2 Å². The number of rotatable bonds is 7. The lowest BCUT2D eigenvalue weighted by molar-refractivity contribution is -0.137. The SMILES string of the molecule is COc1ccc(N=CC(=O)O[C@H](C)C#CCOCc2ccccc2)cc1. The molecule has 0 bridgehead atoms. The van der Waals surface area contributed by atoms with E-state index >= 15 is 0 Å². The van der Waals surface area contributed by atoms with Crippen LogP contribution in [0.1, 0.15) is 12.5 Å². The Morgan fingerprint density at radius 1 is 1.15 bits per heavy atom. The fourth-order valence-corrected chi connectivity index (χ4v) is 2.01. The van der Waals surface area contributed by atoms with Gasteiger partial charge in [-0.25, -0.2) is 9.79 Å². The number of aliphatic imine (C=N–C) groups is 1. The molecular formula is C21H21NO4. The van der Waals surface area contributed by atoms with Gasteiger partial charge in [-0.2, -0.15) is 0 Å². The molecule has 1 atom stereocenters. The van der Waals surface area contributed by atoms with E-state index in [1.165, 1.54) is 0 Å². The lowest BCUT2D eigenvalue weighted by Gasteiger charge is -2.04. The predicted molar refractivity (Wildman–Crippen MR) is 101 cm³/mol. The van der Waals surface area contributed by atoms with E-state index in [1.54, 1.807) is 38.3 Å². The number of hydrogen-bond donors (Lipinski definition) is 0. The van der Waals surface area contributed by atoms with E-state index in [0.717, 1.165) is 17.5 Å². The van der Waals surface area contributed by atoms with Crippen molar-refractivity contribution in [2.75, 3.05) is 13.7 Å². The minimum Gasteiger partial charge on any atom is -0.497 e. The van der Waals surface area contributed by atoms with Crippen molar-refractivity contribution < 1.29 is 19.0 Å². The second-order valence-corrected chi connectivity index (χ2v) is 5.33. The molecule has 0 unspecified atom stereocenters. The largest absolute Gasteiger partial charge is 0.497 e. The zero-order valence-electron chi connectivity index (χ0n) is 14.8. The molecule has 0 fully saturated rings. The van der Waals surface area contributed by atoms with Crippen molar-refractivity contribution in [1.29, 1.82) is 0 Å². The van der Waals surface area contributed by atoms with E-state index in [4.69, 9.17) is 14.2 Å². The van der Waals surface area contributed by atoms with E-state index < -0.39 is 12.1 Å². The summed E-state index contributed by atoms with van der Waals surface area (Å²) in [5.41, 5.74) is 1.72. The van der Waals surface area contributed by atoms with Crippen LogP contribution in [0.25, 0.3) is 0 Å². The lowest BCUT2D eigenvalue weighted by Crippen LogP contribution is -2.14. The van der Waals surface area contributed by atoms with Gasteiger partial charge in [-0.15, -0.1) is 0 Å². The molecule has 0 amide bonds. The molecular weight excluding hydrogens is 330 g/mol. The molecule has 2 rings (SSSR count). The molecule has 2 aromatic rings. The highest BCUT2D eigenvalue weighted by Crippen LogP contribution is 2.17. The molecule has 134 valence electrons. The maximum Gasteiger partial charge on any atom is 0.350 e. The molecule has 0 aliphatic rings. The average Bonchev–Trinajstić information content (AvgIpc) is 2.67. The maximum atomic E-state index is 11.7. The Morgan fingerprint density at radius 2 is 1.88 bits per heavy atom. The zero-order chi connectivity index (χ0) is 18.6. The number of carbonyl (C=O) groups is 1. The van der Waals surface area contributed by atoms with Crippen LogP contribution in [-0.4, -0.2) is 32.0 Å². The first-order chi connectivity index (χ1) is 12.7. The molecule has 0 heterocycles. The van der Waals surface area contributed by atoms with Crippen LogP contribution in [0.5, 0.6) is 5.75 Å². The van der Waals surface area contributed by atoms with Gasteiger partial charge in [-0.1, -0.05) is 42.2 Å². The second-order valence-electron chi connectivity index (χ2n) is 5.33. The lowest BCUT2D eigenvalue weighted by atomic mass is 10.2. The predicted octanol–water partition coefficient (Wildman–Crippen LogP) is 3.55. The van der Waals surface area contributed by atoms with Crippen LogP contribution in [0.2, 0.25) is 0 Å². The number of hydrogen-bond acceptors (Lipinski definition) is 5. The Bertz CT molecular complexity index is 773. The van der Waals surface area contributed by atoms with Crippen molar-refractivity contribution >= 4 is 17.9 Å². The average molecular weight is 351 g/mol. The smallest absolute Gasteiger partial charge is 0.350 e. The monoisotopic (exact) mass is 351 g/mol. The molecule has 0 saturated heterocycles. The summed E-state index contributed by atoms with van der Waals surface area (Å²) in [6.45, 7) is 2.47. The van der Waals surface area contributed by atoms with E-state index in [1.807, 2.05) is 30.3 Å². The topological polar surface area (TPSA) is 57.1 Å². The molecule has 0 N–H and O–H groups in total. The fourth-order valence-electron chi connectivity index (χ4n) is 2.01. The van der Waals surface area contributed by atoms with Crippen LogP contribution in [0.3, 0.4) is 0 Å². The fraction of sp³-hybridized carbons (Fsp3) is 0.238. The number of carbonyl (C=O) groups excluding carboxylic acids is 1. The van der Waals surface area contributed by atoms with Crippen molar-refractivity contribution in [1.82, 2.24) is 0 Å².